The van der Waals surface area contributed by atoms with E-state index in [2.05, 4.69) is 17.2 Å². The fraction of sp³-hybridized carbons (Fsp3) is 0.583. The average Bonchev–Trinajstić information content (AvgIpc) is 2.60. The molecule has 7 heteroatoms. The molecule has 1 aliphatic heterocycles. The van der Waals surface area contributed by atoms with Gasteiger partial charge < -0.3 is 11.1 Å². The maximum absolute atomic E-state index is 11.9. The number of likely N-dealkylation sites (tertiary alicyclic amines) is 1. The van der Waals surface area contributed by atoms with Crippen LogP contribution in [0.5, 0.6) is 0 Å². The molecule has 0 spiro atoms. The van der Waals surface area contributed by atoms with Gasteiger partial charge in [0.25, 0.3) is 5.91 Å². The highest BCUT2D eigenvalue weighted by molar-refractivity contribution is 6.15. The summed E-state index contributed by atoms with van der Waals surface area (Å²) in [5.41, 5.74) is 5.56. The lowest BCUT2D eigenvalue weighted by Gasteiger charge is -2.24. The van der Waals surface area contributed by atoms with E-state index in [4.69, 9.17) is 5.73 Å². The Kier molecular flexibility index (Phi) is 5.20. The Labute approximate surface area is 112 Å². The second kappa shape index (κ2) is 6.44. The fourth-order valence-corrected chi connectivity index (χ4v) is 1.82. The molecular formula is C12H20N4O3. The van der Waals surface area contributed by atoms with E-state index in [9.17, 15) is 14.4 Å². The summed E-state index contributed by atoms with van der Waals surface area (Å²) in [6.45, 7) is 7.80. The summed E-state index contributed by atoms with van der Waals surface area (Å²) in [5, 5.41) is 5.64. The largest absolute Gasteiger partial charge is 0.339 e. The number of nitrogens with zero attached hydrogens (tertiary/aromatic N) is 1. The van der Waals surface area contributed by atoms with Crippen LogP contribution in [0.25, 0.3) is 0 Å². The van der Waals surface area contributed by atoms with Crippen LogP contribution in [0.4, 0.5) is 0 Å². The first-order valence-corrected chi connectivity index (χ1v) is 6.16. The Balaban J connectivity index is 2.59. The summed E-state index contributed by atoms with van der Waals surface area (Å²) < 4.78 is 0. The molecule has 1 heterocycles. The van der Waals surface area contributed by atoms with E-state index in [1.807, 2.05) is 0 Å². The van der Waals surface area contributed by atoms with Crippen LogP contribution in [0, 0.1) is 0 Å². The van der Waals surface area contributed by atoms with Crippen LogP contribution in [0.15, 0.2) is 12.2 Å². The van der Waals surface area contributed by atoms with Gasteiger partial charge in [-0.2, -0.15) is 0 Å². The molecule has 0 saturated carbocycles. The Bertz CT molecular complexity index is 408. The molecule has 3 amide bonds. The zero-order valence-corrected chi connectivity index (χ0v) is 11.2. The standard InChI is InChI=1S/C12H20N4O3/c1-7-6-10(17)16(12(7)19)8(2)11(18)15-9(3)14-5-4-13/h8-9,14H,1,4-6,13H2,2-3H3,(H,15,18). The molecule has 0 bridgehead atoms. The van der Waals surface area contributed by atoms with E-state index in [-0.39, 0.29) is 24.1 Å². The second-order valence-electron chi connectivity index (χ2n) is 4.50. The first kappa shape index (κ1) is 15.3. The normalized spacial score (nSPS) is 18.7. The fourth-order valence-electron chi connectivity index (χ4n) is 1.82. The minimum Gasteiger partial charge on any atom is -0.339 e. The van der Waals surface area contributed by atoms with Crippen LogP contribution in [0.3, 0.4) is 0 Å². The van der Waals surface area contributed by atoms with Crippen molar-refractivity contribution < 1.29 is 14.4 Å². The molecule has 2 atom stereocenters. The Morgan fingerprint density at radius 2 is 2.11 bits per heavy atom. The zero-order chi connectivity index (χ0) is 14.6. The van der Waals surface area contributed by atoms with E-state index in [0.717, 1.165) is 4.90 Å². The summed E-state index contributed by atoms with van der Waals surface area (Å²) in [6, 6.07) is -0.846. The van der Waals surface area contributed by atoms with Gasteiger partial charge in [0.05, 0.1) is 12.6 Å². The van der Waals surface area contributed by atoms with Gasteiger partial charge in [0, 0.05) is 18.7 Å². The summed E-state index contributed by atoms with van der Waals surface area (Å²) >= 11 is 0. The molecule has 2 unspecified atom stereocenters. The molecular weight excluding hydrogens is 248 g/mol. The van der Waals surface area contributed by atoms with E-state index >= 15 is 0 Å². The first-order valence-electron chi connectivity index (χ1n) is 6.16. The van der Waals surface area contributed by atoms with Gasteiger partial charge in [0.2, 0.25) is 11.8 Å². The van der Waals surface area contributed by atoms with Crippen LogP contribution in [0.2, 0.25) is 0 Å². The molecule has 0 radical (unpaired) electrons. The highest BCUT2D eigenvalue weighted by Gasteiger charge is 2.38. The molecule has 106 valence electrons. The van der Waals surface area contributed by atoms with Crippen molar-refractivity contribution in [3.63, 3.8) is 0 Å². The van der Waals surface area contributed by atoms with E-state index in [0.29, 0.717) is 13.1 Å². The number of hydrogen-bond donors (Lipinski definition) is 3. The van der Waals surface area contributed by atoms with Gasteiger partial charge in [-0.15, -0.1) is 0 Å². The number of imide groups is 1. The number of carbonyl (C=O) groups is 3. The number of nitrogens with one attached hydrogen (secondary N) is 2. The minimum atomic E-state index is -0.846. The van der Waals surface area contributed by atoms with Gasteiger partial charge in [-0.3, -0.25) is 24.6 Å². The summed E-state index contributed by atoms with van der Waals surface area (Å²) in [5.74, 6) is -1.26. The van der Waals surface area contributed by atoms with Gasteiger partial charge in [-0.05, 0) is 13.8 Å². The average molecular weight is 268 g/mol. The third kappa shape index (κ3) is 3.62. The molecule has 0 aromatic rings. The maximum atomic E-state index is 11.9. The van der Waals surface area contributed by atoms with Crippen LogP contribution in [-0.4, -0.2) is 47.9 Å². The number of carbonyl (C=O) groups excluding carboxylic acids is 3. The quantitative estimate of drug-likeness (QED) is 0.315. The lowest BCUT2D eigenvalue weighted by molar-refractivity contribution is -0.145. The minimum absolute atomic E-state index is 0.0164. The van der Waals surface area contributed by atoms with Gasteiger partial charge in [0.15, 0.2) is 0 Å². The third-order valence-corrected chi connectivity index (χ3v) is 2.87. The smallest absolute Gasteiger partial charge is 0.257 e. The van der Waals surface area contributed by atoms with Crippen LogP contribution >= 0.6 is 0 Å². The van der Waals surface area contributed by atoms with Crippen molar-refractivity contribution in [2.24, 2.45) is 5.73 Å². The first-order chi connectivity index (χ1) is 8.88. The molecule has 19 heavy (non-hydrogen) atoms. The van der Waals surface area contributed by atoms with Crippen LogP contribution < -0.4 is 16.4 Å². The van der Waals surface area contributed by atoms with Gasteiger partial charge in [-0.25, -0.2) is 0 Å². The zero-order valence-electron chi connectivity index (χ0n) is 11.2. The lowest BCUT2D eigenvalue weighted by atomic mass is 10.2. The highest BCUT2D eigenvalue weighted by atomic mass is 16.2. The molecule has 0 aromatic heterocycles. The summed E-state index contributed by atoms with van der Waals surface area (Å²) in [4.78, 5) is 36.2. The monoisotopic (exact) mass is 268 g/mol. The predicted molar refractivity (Wildman–Crippen MR) is 69.7 cm³/mol. The van der Waals surface area contributed by atoms with Crippen molar-refractivity contribution in [1.82, 2.24) is 15.5 Å². The van der Waals surface area contributed by atoms with E-state index in [1.165, 1.54) is 6.92 Å². The summed E-state index contributed by atoms with van der Waals surface area (Å²) in [6.07, 6.45) is -0.299. The van der Waals surface area contributed by atoms with Gasteiger partial charge >= 0.3 is 0 Å². The van der Waals surface area contributed by atoms with Crippen LogP contribution in [-0.2, 0) is 14.4 Å². The molecule has 1 rings (SSSR count). The van der Waals surface area contributed by atoms with Crippen molar-refractivity contribution in [1.29, 1.82) is 0 Å². The molecule has 1 aliphatic rings. The van der Waals surface area contributed by atoms with Gasteiger partial charge in [0.1, 0.15) is 6.04 Å². The molecule has 0 aromatic carbocycles. The Morgan fingerprint density at radius 1 is 1.47 bits per heavy atom. The molecule has 7 nitrogen and oxygen atoms in total. The van der Waals surface area contributed by atoms with Gasteiger partial charge in [-0.1, -0.05) is 6.58 Å². The lowest BCUT2D eigenvalue weighted by Crippen LogP contribution is -2.53. The van der Waals surface area contributed by atoms with Crippen molar-refractivity contribution in [2.45, 2.75) is 32.5 Å². The molecule has 1 fully saturated rings. The molecule has 1 saturated heterocycles. The second-order valence-corrected chi connectivity index (χ2v) is 4.50. The van der Waals surface area contributed by atoms with Crippen LogP contribution in [0.1, 0.15) is 20.3 Å². The maximum Gasteiger partial charge on any atom is 0.257 e. The number of amides is 3. The molecule has 0 aliphatic carbocycles. The van der Waals surface area contributed by atoms with Crippen molar-refractivity contribution in [2.75, 3.05) is 13.1 Å². The Morgan fingerprint density at radius 3 is 2.58 bits per heavy atom. The molecule has 4 N–H and O–H groups in total. The SMILES string of the molecule is C=C1CC(=O)N(C(C)C(=O)NC(C)NCCN)C1=O. The van der Waals surface area contributed by atoms with Crippen molar-refractivity contribution in [3.8, 4) is 0 Å². The predicted octanol–water partition coefficient (Wildman–Crippen LogP) is -1.30. The number of rotatable bonds is 6. The topological polar surface area (TPSA) is 105 Å². The van der Waals surface area contributed by atoms with Crippen molar-refractivity contribution >= 4 is 17.7 Å². The Hall–Kier alpha value is -1.73. The summed E-state index contributed by atoms with van der Waals surface area (Å²) in [7, 11) is 0. The number of nitrogens with two attached hydrogens (primary N) is 1. The van der Waals surface area contributed by atoms with E-state index < -0.39 is 17.9 Å². The number of hydrogen-bond acceptors (Lipinski definition) is 5. The highest BCUT2D eigenvalue weighted by Crippen LogP contribution is 2.19. The van der Waals surface area contributed by atoms with Crippen molar-refractivity contribution in [3.05, 3.63) is 12.2 Å². The third-order valence-electron chi connectivity index (χ3n) is 2.87. The van der Waals surface area contributed by atoms with E-state index in [1.54, 1.807) is 6.92 Å².